The van der Waals surface area contributed by atoms with Gasteiger partial charge in [0.05, 0.1) is 15.8 Å². The molecular formula is C25H36I2O4. The van der Waals surface area contributed by atoms with Crippen LogP contribution in [0.4, 0.5) is 0 Å². The highest BCUT2D eigenvalue weighted by Crippen LogP contribution is 2.37. The predicted molar refractivity (Wildman–Crippen MR) is 144 cm³/mol. The average Bonchev–Trinajstić information content (AvgIpc) is 2.77. The number of halogens is 2. The van der Waals surface area contributed by atoms with E-state index in [9.17, 15) is 5.11 Å². The van der Waals surface area contributed by atoms with Crippen LogP contribution in [0.3, 0.4) is 0 Å². The second kappa shape index (κ2) is 14.2. The molecule has 1 aliphatic carbocycles. The van der Waals surface area contributed by atoms with Gasteiger partial charge in [-0.05, 0) is 71.5 Å². The molecular weight excluding hydrogens is 618 g/mol. The van der Waals surface area contributed by atoms with Crippen LogP contribution in [0.2, 0.25) is 0 Å². The third kappa shape index (κ3) is 8.95. The lowest BCUT2D eigenvalue weighted by Crippen LogP contribution is -2.23. The van der Waals surface area contributed by atoms with Gasteiger partial charge in [0.1, 0.15) is 12.4 Å². The molecule has 0 heterocycles. The lowest BCUT2D eigenvalue weighted by molar-refractivity contribution is 0.0566. The predicted octanol–water partition coefficient (Wildman–Crippen LogP) is 6.22. The Morgan fingerprint density at radius 1 is 1.19 bits per heavy atom. The summed E-state index contributed by atoms with van der Waals surface area (Å²) in [6.45, 7) is 9.15. The van der Waals surface area contributed by atoms with Crippen LogP contribution in [-0.2, 0) is 14.9 Å². The van der Waals surface area contributed by atoms with Crippen LogP contribution in [-0.4, -0.2) is 48.2 Å². The SMILES string of the molecule is CC[C@H](O)COc1ccc(C(C)(C)C2=CCC(OCCCOCCCI)C=C2)cc1I. The second-order valence-corrected chi connectivity index (χ2v) is 10.6. The fourth-order valence-electron chi connectivity index (χ4n) is 3.32. The minimum atomic E-state index is -0.423. The van der Waals surface area contributed by atoms with Gasteiger partial charge in [0, 0.05) is 29.7 Å². The fraction of sp³-hybridized carbons (Fsp3) is 0.600. The first kappa shape index (κ1) is 27.1. The van der Waals surface area contributed by atoms with E-state index in [0.717, 1.165) is 52.8 Å². The number of allylic oxidation sites excluding steroid dienone is 2. The summed E-state index contributed by atoms with van der Waals surface area (Å²) in [6.07, 6.45) is 10.1. The summed E-state index contributed by atoms with van der Waals surface area (Å²) < 4.78 is 19.6. The maximum Gasteiger partial charge on any atom is 0.132 e. The van der Waals surface area contributed by atoms with E-state index in [1.54, 1.807) is 0 Å². The molecule has 0 bridgehead atoms. The molecule has 0 spiro atoms. The topological polar surface area (TPSA) is 47.9 Å². The van der Waals surface area contributed by atoms with E-state index < -0.39 is 6.10 Å². The summed E-state index contributed by atoms with van der Waals surface area (Å²) in [5.41, 5.74) is 2.45. The second-order valence-electron chi connectivity index (χ2n) is 8.32. The number of aliphatic hydroxyl groups excluding tert-OH is 1. The van der Waals surface area contributed by atoms with Gasteiger partial charge in [0.25, 0.3) is 0 Å². The van der Waals surface area contributed by atoms with Crippen molar-refractivity contribution < 1.29 is 19.3 Å². The molecule has 1 aromatic carbocycles. The van der Waals surface area contributed by atoms with Crippen molar-refractivity contribution in [3.05, 3.63) is 51.1 Å². The lowest BCUT2D eigenvalue weighted by atomic mass is 9.75. The van der Waals surface area contributed by atoms with Crippen molar-refractivity contribution in [3.8, 4) is 5.75 Å². The zero-order chi connectivity index (χ0) is 22.7. The van der Waals surface area contributed by atoms with E-state index in [0.29, 0.717) is 13.0 Å². The minimum Gasteiger partial charge on any atom is -0.490 e. The van der Waals surface area contributed by atoms with E-state index in [2.05, 4.69) is 89.4 Å². The summed E-state index contributed by atoms with van der Waals surface area (Å²) in [4.78, 5) is 0. The minimum absolute atomic E-state index is 0.102. The van der Waals surface area contributed by atoms with Gasteiger partial charge >= 0.3 is 0 Å². The molecule has 0 aliphatic heterocycles. The van der Waals surface area contributed by atoms with Gasteiger partial charge in [0.15, 0.2) is 0 Å². The molecule has 0 aromatic heterocycles. The van der Waals surface area contributed by atoms with Crippen molar-refractivity contribution >= 4 is 45.2 Å². The molecule has 2 atom stereocenters. The largest absolute Gasteiger partial charge is 0.490 e. The molecule has 4 nitrogen and oxygen atoms in total. The summed E-state index contributed by atoms with van der Waals surface area (Å²) in [5.74, 6) is 0.826. The summed E-state index contributed by atoms with van der Waals surface area (Å²) in [7, 11) is 0. The Hall–Kier alpha value is -0.160. The average molecular weight is 654 g/mol. The number of alkyl halides is 1. The molecule has 0 fully saturated rings. The first-order valence-electron chi connectivity index (χ1n) is 11.1. The maximum absolute atomic E-state index is 9.74. The van der Waals surface area contributed by atoms with Crippen molar-refractivity contribution in [2.45, 2.75) is 64.1 Å². The quantitative estimate of drug-likeness (QED) is 0.147. The molecule has 1 aliphatic rings. The van der Waals surface area contributed by atoms with Crippen LogP contribution in [0.15, 0.2) is 42.0 Å². The smallest absolute Gasteiger partial charge is 0.132 e. The van der Waals surface area contributed by atoms with E-state index >= 15 is 0 Å². The van der Waals surface area contributed by atoms with Crippen LogP contribution in [0, 0.1) is 3.57 Å². The van der Waals surface area contributed by atoms with Crippen molar-refractivity contribution in [2.75, 3.05) is 30.9 Å². The number of hydrogen-bond acceptors (Lipinski definition) is 4. The van der Waals surface area contributed by atoms with Crippen LogP contribution in [0.1, 0.15) is 52.0 Å². The third-order valence-electron chi connectivity index (χ3n) is 5.53. The first-order chi connectivity index (χ1) is 14.9. The van der Waals surface area contributed by atoms with E-state index in [-0.39, 0.29) is 11.5 Å². The lowest BCUT2D eigenvalue weighted by Gasteiger charge is -2.30. The van der Waals surface area contributed by atoms with Crippen LogP contribution in [0.5, 0.6) is 5.75 Å². The van der Waals surface area contributed by atoms with E-state index in [4.69, 9.17) is 14.2 Å². The molecule has 31 heavy (non-hydrogen) atoms. The number of ether oxygens (including phenoxy) is 3. The molecule has 0 saturated heterocycles. The number of rotatable bonds is 14. The number of aliphatic hydroxyl groups is 1. The Morgan fingerprint density at radius 2 is 1.97 bits per heavy atom. The Morgan fingerprint density at radius 3 is 2.61 bits per heavy atom. The highest BCUT2D eigenvalue weighted by molar-refractivity contribution is 14.1. The van der Waals surface area contributed by atoms with Crippen molar-refractivity contribution in [3.63, 3.8) is 0 Å². The monoisotopic (exact) mass is 654 g/mol. The zero-order valence-corrected chi connectivity index (χ0v) is 23.2. The zero-order valence-electron chi connectivity index (χ0n) is 18.9. The fourth-order valence-corrected chi connectivity index (χ4v) is 4.30. The van der Waals surface area contributed by atoms with Gasteiger partial charge in [-0.25, -0.2) is 0 Å². The highest BCUT2D eigenvalue weighted by atomic mass is 127. The Balaban J connectivity index is 1.86. The van der Waals surface area contributed by atoms with Gasteiger partial charge in [-0.3, -0.25) is 0 Å². The van der Waals surface area contributed by atoms with Gasteiger partial charge < -0.3 is 19.3 Å². The Bertz CT molecular complexity index is 730. The molecule has 1 unspecified atom stereocenters. The Kier molecular flexibility index (Phi) is 12.4. The Labute approximate surface area is 215 Å². The van der Waals surface area contributed by atoms with Crippen LogP contribution >= 0.6 is 45.2 Å². The van der Waals surface area contributed by atoms with E-state index in [1.165, 1.54) is 11.1 Å². The van der Waals surface area contributed by atoms with E-state index in [1.807, 2.05) is 13.0 Å². The van der Waals surface area contributed by atoms with Crippen molar-refractivity contribution in [1.82, 2.24) is 0 Å². The van der Waals surface area contributed by atoms with Crippen molar-refractivity contribution in [1.29, 1.82) is 0 Å². The third-order valence-corrected chi connectivity index (χ3v) is 7.13. The molecule has 0 amide bonds. The molecule has 0 saturated carbocycles. The van der Waals surface area contributed by atoms with Crippen LogP contribution in [0.25, 0.3) is 0 Å². The highest BCUT2D eigenvalue weighted by Gasteiger charge is 2.27. The summed E-state index contributed by atoms with van der Waals surface area (Å²) in [6, 6.07) is 6.33. The number of benzene rings is 1. The molecule has 1 aromatic rings. The maximum atomic E-state index is 9.74. The summed E-state index contributed by atoms with van der Waals surface area (Å²) in [5, 5.41) is 9.74. The molecule has 2 rings (SSSR count). The standard InChI is InChI=1S/C25H36I2O4/c1-4-21(28)18-31-24-12-9-20(17-23(24)27)25(2,3)19-7-10-22(11-8-19)30-16-6-15-29-14-5-13-26/h7-10,12,17,21-22,28H,4-6,11,13-16,18H2,1-3H3/t21-,22?/m0/s1. The molecule has 6 heteroatoms. The normalized spacial score (nSPS) is 17.5. The van der Waals surface area contributed by atoms with Gasteiger partial charge in [-0.1, -0.05) is 67.7 Å². The summed E-state index contributed by atoms with van der Waals surface area (Å²) >= 11 is 4.69. The van der Waals surface area contributed by atoms with Crippen LogP contribution < -0.4 is 4.74 Å². The molecule has 0 radical (unpaired) electrons. The van der Waals surface area contributed by atoms with Gasteiger partial charge in [-0.2, -0.15) is 0 Å². The molecule has 1 N–H and O–H groups in total. The van der Waals surface area contributed by atoms with Crippen molar-refractivity contribution in [2.24, 2.45) is 0 Å². The number of hydrogen-bond donors (Lipinski definition) is 1. The van der Waals surface area contributed by atoms with Gasteiger partial charge in [-0.15, -0.1) is 0 Å². The molecule has 174 valence electrons. The first-order valence-corrected chi connectivity index (χ1v) is 13.7. The van der Waals surface area contributed by atoms with Gasteiger partial charge in [0.2, 0.25) is 0 Å².